The van der Waals surface area contributed by atoms with Gasteiger partial charge in [0.1, 0.15) is 11.1 Å². The highest BCUT2D eigenvalue weighted by atomic mass is 35.5. The maximum absolute atomic E-state index is 12.4. The number of hydrogen-bond acceptors (Lipinski definition) is 5. The van der Waals surface area contributed by atoms with Gasteiger partial charge in [-0.1, -0.05) is 53.5 Å². The first kappa shape index (κ1) is 21.5. The summed E-state index contributed by atoms with van der Waals surface area (Å²) < 4.78 is 11.3. The third-order valence-corrected chi connectivity index (χ3v) is 5.60. The van der Waals surface area contributed by atoms with Crippen molar-refractivity contribution in [2.75, 3.05) is 5.32 Å². The van der Waals surface area contributed by atoms with Crippen LogP contribution in [-0.2, 0) is 6.42 Å². The Balaban J connectivity index is 1.22. The van der Waals surface area contributed by atoms with Gasteiger partial charge >= 0.3 is 0 Å². The Morgan fingerprint density at radius 2 is 1.79 bits per heavy atom. The summed E-state index contributed by atoms with van der Waals surface area (Å²) in [6, 6.07) is 19.9. The minimum Gasteiger partial charge on any atom is -0.451 e. The summed E-state index contributed by atoms with van der Waals surface area (Å²) in [6.07, 6.45) is 0.482. The summed E-state index contributed by atoms with van der Waals surface area (Å²) in [5, 5.41) is 7.56. The quantitative estimate of drug-likeness (QED) is 0.273. The van der Waals surface area contributed by atoms with Gasteiger partial charge in [0.25, 0.3) is 5.91 Å². The molecule has 1 amide bonds. The van der Waals surface area contributed by atoms with Crippen molar-refractivity contribution >= 4 is 74.2 Å². The number of nitrogens with one attached hydrogen (secondary N) is 2. The van der Waals surface area contributed by atoms with Crippen LogP contribution in [0.15, 0.2) is 75.6 Å². The van der Waals surface area contributed by atoms with E-state index < -0.39 is 5.91 Å². The van der Waals surface area contributed by atoms with Crippen LogP contribution in [-0.4, -0.2) is 16.0 Å². The number of thiocarbonyl (C=S) groups is 1. The Morgan fingerprint density at radius 1 is 1.00 bits per heavy atom. The molecule has 6 nitrogen and oxygen atoms in total. The van der Waals surface area contributed by atoms with E-state index >= 15 is 0 Å². The highest BCUT2D eigenvalue weighted by Crippen LogP contribution is 2.29. The number of anilines is 1. The van der Waals surface area contributed by atoms with Gasteiger partial charge in [0.2, 0.25) is 0 Å². The molecule has 0 aliphatic heterocycles. The first-order chi connectivity index (χ1) is 15.9. The van der Waals surface area contributed by atoms with Crippen LogP contribution < -0.4 is 10.6 Å². The second kappa shape index (κ2) is 8.86. The van der Waals surface area contributed by atoms with Crippen molar-refractivity contribution in [2.24, 2.45) is 0 Å². The number of para-hydroxylation sites is 1. The first-order valence-corrected chi connectivity index (χ1v) is 11.1. The maximum Gasteiger partial charge on any atom is 0.293 e. The highest BCUT2D eigenvalue weighted by Gasteiger charge is 2.14. The summed E-state index contributed by atoms with van der Waals surface area (Å²) >= 11 is 17.4. The average Bonchev–Trinajstić information content (AvgIpc) is 3.39. The molecule has 2 N–H and O–H groups in total. The van der Waals surface area contributed by atoms with Crippen LogP contribution in [0.5, 0.6) is 0 Å². The predicted octanol–water partition coefficient (Wildman–Crippen LogP) is 6.60. The second-order valence-electron chi connectivity index (χ2n) is 7.27. The number of furan rings is 1. The molecule has 164 valence electrons. The number of halogens is 2. The number of carbonyl (C=O) groups is 1. The van der Waals surface area contributed by atoms with Crippen molar-refractivity contribution in [3.63, 3.8) is 0 Å². The fraction of sp³-hybridized carbons (Fsp3) is 0.0417. The Morgan fingerprint density at radius 3 is 2.58 bits per heavy atom. The monoisotopic (exact) mass is 495 g/mol. The molecule has 0 aliphatic carbocycles. The standard InChI is InChI=1S/C24H15Cl2N3O3S/c25-15-11-17(26)22-18(12-15)28-21(32-22)9-13-5-7-16(8-6-13)27-24(33)29-23(30)20-10-14-3-1-2-4-19(14)31-20/h1-8,10-12H,9H2,(H2,27,29,30,33). The summed E-state index contributed by atoms with van der Waals surface area (Å²) in [5.41, 5.74) is 3.47. The van der Waals surface area contributed by atoms with Gasteiger partial charge in [0, 0.05) is 22.5 Å². The molecule has 0 saturated heterocycles. The lowest BCUT2D eigenvalue weighted by molar-refractivity contribution is 0.0953. The molecule has 5 rings (SSSR count). The number of carbonyl (C=O) groups excluding carboxylic acids is 1. The van der Waals surface area contributed by atoms with Gasteiger partial charge in [-0.05, 0) is 54.2 Å². The van der Waals surface area contributed by atoms with Crippen LogP contribution in [0.25, 0.3) is 22.1 Å². The summed E-state index contributed by atoms with van der Waals surface area (Å²) in [7, 11) is 0. The Hall–Kier alpha value is -3.39. The molecule has 0 unspecified atom stereocenters. The largest absolute Gasteiger partial charge is 0.451 e. The van der Waals surface area contributed by atoms with Gasteiger partial charge in [-0.3, -0.25) is 10.1 Å². The smallest absolute Gasteiger partial charge is 0.293 e. The van der Waals surface area contributed by atoms with Crippen molar-refractivity contribution in [1.82, 2.24) is 10.3 Å². The van der Waals surface area contributed by atoms with Crippen LogP contribution in [0.2, 0.25) is 10.0 Å². The molecule has 33 heavy (non-hydrogen) atoms. The van der Waals surface area contributed by atoms with Crippen molar-refractivity contribution < 1.29 is 13.6 Å². The molecule has 0 radical (unpaired) electrons. The molecular formula is C24H15Cl2N3O3S. The molecule has 9 heteroatoms. The fourth-order valence-electron chi connectivity index (χ4n) is 3.38. The van der Waals surface area contributed by atoms with Crippen molar-refractivity contribution in [3.05, 3.63) is 94.0 Å². The molecule has 0 bridgehead atoms. The van der Waals surface area contributed by atoms with E-state index in [1.165, 1.54) is 0 Å². The number of nitrogens with zero attached hydrogens (tertiary/aromatic N) is 1. The van der Waals surface area contributed by atoms with E-state index in [-0.39, 0.29) is 10.9 Å². The lowest BCUT2D eigenvalue weighted by atomic mass is 10.1. The fourth-order valence-corrected chi connectivity index (χ4v) is 4.11. The van der Waals surface area contributed by atoms with Gasteiger partial charge in [0.15, 0.2) is 22.3 Å². The zero-order valence-corrected chi connectivity index (χ0v) is 19.2. The van der Waals surface area contributed by atoms with Crippen LogP contribution in [0, 0.1) is 0 Å². The lowest BCUT2D eigenvalue weighted by Gasteiger charge is -2.09. The Bertz CT molecular complexity index is 1480. The molecule has 2 heterocycles. The molecular weight excluding hydrogens is 481 g/mol. The van der Waals surface area contributed by atoms with E-state index in [0.717, 1.165) is 16.6 Å². The van der Waals surface area contributed by atoms with Crippen molar-refractivity contribution in [2.45, 2.75) is 6.42 Å². The Kier molecular flexibility index (Phi) is 5.76. The van der Waals surface area contributed by atoms with Gasteiger partial charge in [-0.25, -0.2) is 4.98 Å². The SMILES string of the molecule is O=C(NC(=S)Nc1ccc(Cc2nc3cc(Cl)cc(Cl)c3o2)cc1)c1cc2ccccc2o1. The van der Waals surface area contributed by atoms with Gasteiger partial charge < -0.3 is 14.2 Å². The van der Waals surface area contributed by atoms with E-state index in [1.807, 2.05) is 42.5 Å². The zero-order valence-electron chi connectivity index (χ0n) is 16.9. The van der Waals surface area contributed by atoms with E-state index in [9.17, 15) is 4.79 Å². The molecule has 0 spiro atoms. The lowest BCUT2D eigenvalue weighted by Crippen LogP contribution is -2.33. The van der Waals surface area contributed by atoms with E-state index in [2.05, 4.69) is 15.6 Å². The highest BCUT2D eigenvalue weighted by molar-refractivity contribution is 7.80. The molecule has 5 aromatic rings. The van der Waals surface area contributed by atoms with E-state index in [0.29, 0.717) is 39.0 Å². The van der Waals surface area contributed by atoms with Crippen LogP contribution in [0.3, 0.4) is 0 Å². The number of hydrogen-bond donors (Lipinski definition) is 2. The predicted molar refractivity (Wildman–Crippen MR) is 133 cm³/mol. The number of benzene rings is 3. The Labute approximate surface area is 203 Å². The molecule has 3 aromatic carbocycles. The van der Waals surface area contributed by atoms with E-state index in [4.69, 9.17) is 44.3 Å². The minimum atomic E-state index is -0.421. The molecule has 0 aliphatic rings. The average molecular weight is 496 g/mol. The third kappa shape index (κ3) is 4.71. The molecule has 0 atom stereocenters. The number of oxazole rings is 1. The first-order valence-electron chi connectivity index (χ1n) is 9.89. The van der Waals surface area contributed by atoms with Gasteiger partial charge in [-0.2, -0.15) is 0 Å². The topological polar surface area (TPSA) is 80.3 Å². The van der Waals surface area contributed by atoms with E-state index in [1.54, 1.807) is 24.3 Å². The molecule has 0 fully saturated rings. The van der Waals surface area contributed by atoms with Crippen molar-refractivity contribution in [1.29, 1.82) is 0 Å². The molecule has 2 aromatic heterocycles. The normalized spacial score (nSPS) is 11.1. The van der Waals surface area contributed by atoms with Crippen molar-refractivity contribution in [3.8, 4) is 0 Å². The zero-order chi connectivity index (χ0) is 22.9. The van der Waals surface area contributed by atoms with Crippen LogP contribution >= 0.6 is 35.4 Å². The number of aromatic nitrogens is 1. The minimum absolute atomic E-state index is 0.165. The third-order valence-electron chi connectivity index (χ3n) is 4.90. The summed E-state index contributed by atoms with van der Waals surface area (Å²) in [6.45, 7) is 0. The molecule has 0 saturated carbocycles. The van der Waals surface area contributed by atoms with Gasteiger partial charge in [0.05, 0.1) is 5.02 Å². The summed E-state index contributed by atoms with van der Waals surface area (Å²) in [5.74, 6) is 0.300. The van der Waals surface area contributed by atoms with Gasteiger partial charge in [-0.15, -0.1) is 0 Å². The number of fused-ring (bicyclic) bond motifs is 2. The number of amides is 1. The van der Waals surface area contributed by atoms with Crippen LogP contribution in [0.1, 0.15) is 22.0 Å². The van der Waals surface area contributed by atoms with Crippen LogP contribution in [0.4, 0.5) is 5.69 Å². The second-order valence-corrected chi connectivity index (χ2v) is 8.53. The summed E-state index contributed by atoms with van der Waals surface area (Å²) in [4.78, 5) is 16.9. The maximum atomic E-state index is 12.4. The number of rotatable bonds is 4.